The molecule has 7 nitrogen and oxygen atoms in total. The number of carbonyl (C=O) groups excluding carboxylic acids is 3. The standard InChI is InChI=1S/C16H20N2O5/c1-22-14(20)12(9-17)16(10-18,15(21)23-2)11-7-5-3-4-6-8-13(11)19/h11-12H,3-8H2,1-2H3/t11-,12+,16-/m1/s1. The second kappa shape index (κ2) is 8.28. The van der Waals surface area contributed by atoms with Crippen molar-refractivity contribution < 1.29 is 23.9 Å². The van der Waals surface area contributed by atoms with E-state index in [-0.39, 0.29) is 18.6 Å². The molecule has 23 heavy (non-hydrogen) atoms. The molecule has 1 aliphatic carbocycles. The van der Waals surface area contributed by atoms with E-state index in [0.29, 0.717) is 12.8 Å². The maximum atomic E-state index is 12.5. The van der Waals surface area contributed by atoms with Crippen molar-refractivity contribution in [2.75, 3.05) is 14.2 Å². The largest absolute Gasteiger partial charge is 0.468 e. The van der Waals surface area contributed by atoms with E-state index in [1.54, 1.807) is 12.1 Å². The normalized spacial score (nSPS) is 22.3. The first-order valence-corrected chi connectivity index (χ1v) is 7.49. The lowest BCUT2D eigenvalue weighted by atomic mass is 9.63. The molecule has 0 unspecified atom stereocenters. The Balaban J connectivity index is 3.46. The van der Waals surface area contributed by atoms with Gasteiger partial charge in [-0.15, -0.1) is 0 Å². The molecule has 0 aromatic rings. The molecule has 0 bridgehead atoms. The third-order valence-electron chi connectivity index (χ3n) is 4.33. The van der Waals surface area contributed by atoms with E-state index in [4.69, 9.17) is 0 Å². The van der Waals surface area contributed by atoms with Crippen molar-refractivity contribution in [1.82, 2.24) is 0 Å². The highest BCUT2D eigenvalue weighted by Gasteiger charge is 2.59. The van der Waals surface area contributed by atoms with Crippen LogP contribution in [0.4, 0.5) is 0 Å². The summed E-state index contributed by atoms with van der Waals surface area (Å²) in [5, 5.41) is 19.1. The smallest absolute Gasteiger partial charge is 0.328 e. The summed E-state index contributed by atoms with van der Waals surface area (Å²) in [4.78, 5) is 36.8. The van der Waals surface area contributed by atoms with Crippen molar-refractivity contribution in [3.8, 4) is 12.1 Å². The average Bonchev–Trinajstić information content (AvgIpc) is 2.55. The van der Waals surface area contributed by atoms with Crippen LogP contribution in [0.3, 0.4) is 0 Å². The van der Waals surface area contributed by atoms with Crippen molar-refractivity contribution in [3.63, 3.8) is 0 Å². The predicted octanol–water partition coefficient (Wildman–Crippen LogP) is 1.52. The first-order valence-electron chi connectivity index (χ1n) is 7.49. The second-order valence-electron chi connectivity index (χ2n) is 5.53. The Labute approximate surface area is 135 Å². The first-order chi connectivity index (χ1) is 11.0. The minimum Gasteiger partial charge on any atom is -0.468 e. The number of nitrogens with zero attached hydrogens (tertiary/aromatic N) is 2. The summed E-state index contributed by atoms with van der Waals surface area (Å²) >= 11 is 0. The van der Waals surface area contributed by atoms with Gasteiger partial charge in [0.25, 0.3) is 0 Å². The number of ether oxygens (including phenoxy) is 2. The summed E-state index contributed by atoms with van der Waals surface area (Å²) in [5.41, 5.74) is -2.18. The quantitative estimate of drug-likeness (QED) is 0.721. The first kappa shape index (κ1) is 18.6. The van der Waals surface area contributed by atoms with Gasteiger partial charge >= 0.3 is 11.9 Å². The highest BCUT2D eigenvalue weighted by molar-refractivity contribution is 5.96. The molecule has 0 heterocycles. The molecule has 0 amide bonds. The van der Waals surface area contributed by atoms with E-state index in [0.717, 1.165) is 27.1 Å². The van der Waals surface area contributed by atoms with Crippen LogP contribution in [0.2, 0.25) is 0 Å². The van der Waals surface area contributed by atoms with Crippen LogP contribution in [-0.4, -0.2) is 31.9 Å². The topological polar surface area (TPSA) is 117 Å². The molecule has 1 rings (SSSR count). The van der Waals surface area contributed by atoms with Gasteiger partial charge in [0.2, 0.25) is 0 Å². The molecule has 124 valence electrons. The summed E-state index contributed by atoms with van der Waals surface area (Å²) in [6.07, 6.45) is 3.53. The van der Waals surface area contributed by atoms with E-state index in [9.17, 15) is 24.9 Å². The van der Waals surface area contributed by atoms with Crippen LogP contribution in [0.15, 0.2) is 0 Å². The molecule has 1 aliphatic rings. The van der Waals surface area contributed by atoms with Gasteiger partial charge in [-0.25, -0.2) is 0 Å². The van der Waals surface area contributed by atoms with Crippen molar-refractivity contribution in [2.24, 2.45) is 17.3 Å². The average molecular weight is 320 g/mol. The number of nitriles is 2. The van der Waals surface area contributed by atoms with Crippen molar-refractivity contribution >= 4 is 17.7 Å². The Morgan fingerprint density at radius 3 is 2.35 bits per heavy atom. The van der Waals surface area contributed by atoms with Gasteiger partial charge < -0.3 is 9.47 Å². The monoisotopic (exact) mass is 320 g/mol. The fourth-order valence-electron chi connectivity index (χ4n) is 3.09. The highest BCUT2D eigenvalue weighted by Crippen LogP contribution is 2.42. The third kappa shape index (κ3) is 3.50. The minimum absolute atomic E-state index is 0.213. The molecule has 0 saturated heterocycles. The Kier molecular flexibility index (Phi) is 6.71. The molecule has 0 N–H and O–H groups in total. The summed E-state index contributed by atoms with van der Waals surface area (Å²) < 4.78 is 9.24. The maximum Gasteiger partial charge on any atom is 0.328 e. The molecule has 7 heteroatoms. The third-order valence-corrected chi connectivity index (χ3v) is 4.33. The molecule has 1 saturated carbocycles. The lowest BCUT2D eigenvalue weighted by Crippen LogP contribution is -2.50. The van der Waals surface area contributed by atoms with E-state index in [1.165, 1.54) is 0 Å². The molecular formula is C16H20N2O5. The Morgan fingerprint density at radius 2 is 1.83 bits per heavy atom. The lowest BCUT2D eigenvalue weighted by molar-refractivity contribution is -0.165. The Bertz CT molecular complexity index is 560. The van der Waals surface area contributed by atoms with Crippen LogP contribution in [0, 0.1) is 39.9 Å². The molecular weight excluding hydrogens is 300 g/mol. The number of hydrogen-bond donors (Lipinski definition) is 0. The number of hydrogen-bond acceptors (Lipinski definition) is 7. The highest BCUT2D eigenvalue weighted by atomic mass is 16.5. The summed E-state index contributed by atoms with van der Waals surface area (Å²) in [5.74, 6) is -5.12. The van der Waals surface area contributed by atoms with Gasteiger partial charge in [-0.05, 0) is 12.8 Å². The van der Waals surface area contributed by atoms with Gasteiger partial charge in [0.1, 0.15) is 5.78 Å². The predicted molar refractivity (Wildman–Crippen MR) is 77.4 cm³/mol. The molecule has 0 aromatic carbocycles. The van der Waals surface area contributed by atoms with Crippen LogP contribution in [0.25, 0.3) is 0 Å². The molecule has 0 aromatic heterocycles. The summed E-state index contributed by atoms with van der Waals surface area (Å²) in [7, 11) is 2.12. The van der Waals surface area contributed by atoms with Gasteiger partial charge in [0, 0.05) is 12.3 Å². The van der Waals surface area contributed by atoms with Gasteiger partial charge in [-0.3, -0.25) is 14.4 Å². The van der Waals surface area contributed by atoms with Gasteiger partial charge in [-0.2, -0.15) is 10.5 Å². The molecule has 0 aliphatic heterocycles. The van der Waals surface area contributed by atoms with E-state index in [2.05, 4.69) is 9.47 Å². The number of Topliss-reactive ketones (excluding diaryl/α,β-unsaturated/α-hetero) is 1. The van der Waals surface area contributed by atoms with E-state index in [1.807, 2.05) is 0 Å². The van der Waals surface area contributed by atoms with Gasteiger partial charge in [-0.1, -0.05) is 19.3 Å². The zero-order valence-corrected chi connectivity index (χ0v) is 13.3. The fourth-order valence-corrected chi connectivity index (χ4v) is 3.09. The zero-order valence-electron chi connectivity index (χ0n) is 13.3. The van der Waals surface area contributed by atoms with Crippen LogP contribution in [0.1, 0.15) is 38.5 Å². The Hall–Kier alpha value is -2.41. The van der Waals surface area contributed by atoms with E-state index < -0.39 is 29.2 Å². The number of rotatable bonds is 4. The number of esters is 2. The second-order valence-corrected chi connectivity index (χ2v) is 5.53. The summed E-state index contributed by atoms with van der Waals surface area (Å²) in [6.45, 7) is 0. The summed E-state index contributed by atoms with van der Waals surface area (Å²) in [6, 6.07) is 3.43. The SMILES string of the molecule is COC(=O)[C@H](C#N)[C@](C#N)(C(=O)OC)[C@@H]1CCCCCCC1=O. The minimum atomic E-state index is -2.18. The fraction of sp³-hybridized carbons (Fsp3) is 0.688. The number of methoxy groups -OCH3 is 2. The van der Waals surface area contributed by atoms with Crippen LogP contribution < -0.4 is 0 Å². The molecule has 0 spiro atoms. The van der Waals surface area contributed by atoms with Crippen LogP contribution in [-0.2, 0) is 23.9 Å². The van der Waals surface area contributed by atoms with Gasteiger partial charge in [0.05, 0.1) is 26.4 Å². The van der Waals surface area contributed by atoms with Crippen LogP contribution >= 0.6 is 0 Å². The molecule has 3 atom stereocenters. The van der Waals surface area contributed by atoms with E-state index >= 15 is 0 Å². The maximum absolute atomic E-state index is 12.5. The van der Waals surface area contributed by atoms with Crippen molar-refractivity contribution in [3.05, 3.63) is 0 Å². The van der Waals surface area contributed by atoms with Crippen LogP contribution in [0.5, 0.6) is 0 Å². The number of carbonyl (C=O) groups is 3. The Morgan fingerprint density at radius 1 is 1.17 bits per heavy atom. The van der Waals surface area contributed by atoms with Gasteiger partial charge in [0.15, 0.2) is 11.3 Å². The number of ketones is 1. The van der Waals surface area contributed by atoms with Crippen molar-refractivity contribution in [1.29, 1.82) is 10.5 Å². The lowest BCUT2D eigenvalue weighted by Gasteiger charge is -2.34. The zero-order chi connectivity index (χ0) is 17.5. The molecule has 0 radical (unpaired) electrons. The van der Waals surface area contributed by atoms with Crippen molar-refractivity contribution in [2.45, 2.75) is 38.5 Å². The molecule has 1 fully saturated rings.